The van der Waals surface area contributed by atoms with Crippen molar-refractivity contribution in [1.29, 1.82) is 0 Å². The summed E-state index contributed by atoms with van der Waals surface area (Å²) >= 11 is 0. The van der Waals surface area contributed by atoms with Gasteiger partial charge in [-0.05, 0) is 101 Å². The van der Waals surface area contributed by atoms with Gasteiger partial charge in [-0.1, -0.05) is 90.8 Å². The maximum atomic E-state index is 14.9. The SMILES string of the molecule is CC(C)CC1NC(=O)[C@H](CCC(=O)O)NC(=O)[C@H](CCC(N)=O)NC(=O)[C@H](CO)NC(=O)[C@H](CC(C)C)NC(=O)[C@H](CCCCN)NC(=O)CNC(=O)[C@H](CC(C)C)NC(=O)[C@H](C(C)C)NC(=O)[C@@H]2CSSC[C@H](NC1=O)C(=O)N[C@@H](CO)C(=O)N[C@@H](CC(N)=O)C(=O)N[C@@H](CC(C)C)C(=O)NC(CO)C(=O)N[C@@H]([C@@H](C)O)C(=O)N2. The molecule has 2 aliphatic heterocycles. The van der Waals surface area contributed by atoms with E-state index in [2.05, 4.69) is 85.1 Å². The highest BCUT2D eigenvalue weighted by Gasteiger charge is 2.41. The van der Waals surface area contributed by atoms with Gasteiger partial charge in [-0.15, -0.1) is 0 Å². The van der Waals surface area contributed by atoms with E-state index in [1.54, 1.807) is 55.4 Å². The summed E-state index contributed by atoms with van der Waals surface area (Å²) in [5, 5.41) is 90.8. The molecule has 18 amide bonds. The fourth-order valence-electron chi connectivity index (χ4n) is 11.5. The Labute approximate surface area is 673 Å². The van der Waals surface area contributed by atoms with Gasteiger partial charge in [-0.3, -0.25) is 91.1 Å². The minimum absolute atomic E-state index is 0.0809. The van der Waals surface area contributed by atoms with E-state index in [1.807, 2.05) is 0 Å². The Morgan fingerprint density at radius 1 is 0.365 bits per heavy atom. The molecule has 2 fully saturated rings. The number of amides is 18. The average molecular weight is 1670 g/mol. The van der Waals surface area contributed by atoms with Crippen LogP contribution in [0.1, 0.15) is 153 Å². The summed E-state index contributed by atoms with van der Waals surface area (Å²) in [6.45, 7) is 12.8. The van der Waals surface area contributed by atoms with Crippen molar-refractivity contribution in [3.63, 3.8) is 0 Å². The molecule has 650 valence electrons. The Balaban J connectivity index is 3.20. The number of hydrogen-bond acceptors (Lipinski definition) is 26. The Bertz CT molecular complexity index is 3390. The number of fused-ring (bicyclic) bond motifs is 5. The average Bonchev–Trinajstić information content (AvgIpc) is 1.25. The fraction of sp³-hybridized carbons (Fsp3) is 0.729. The molecule has 16 atom stereocenters. The van der Waals surface area contributed by atoms with Crippen molar-refractivity contribution in [3.8, 4) is 0 Å². The number of aliphatic hydroxyl groups is 4. The van der Waals surface area contributed by atoms with Crippen LogP contribution in [0.5, 0.6) is 0 Å². The Hall–Kier alpha value is -9.57. The third-order valence-electron chi connectivity index (χ3n) is 17.6. The van der Waals surface area contributed by atoms with Crippen LogP contribution in [-0.4, -0.2) is 279 Å². The molecule has 0 aromatic rings. The molecule has 0 radical (unpaired) electrons. The van der Waals surface area contributed by atoms with Crippen LogP contribution in [0.4, 0.5) is 0 Å². The molecule has 0 saturated carbocycles. The normalized spacial score (nSPS) is 26.9. The minimum Gasteiger partial charge on any atom is -0.481 e. The predicted octanol–water partition coefficient (Wildman–Crippen LogP) is -8.88. The first kappa shape index (κ1) is 102. The monoisotopic (exact) mass is 1670 g/mol. The van der Waals surface area contributed by atoms with E-state index in [1.165, 1.54) is 13.8 Å². The zero-order valence-electron chi connectivity index (χ0n) is 66.6. The van der Waals surface area contributed by atoms with Crippen molar-refractivity contribution in [1.82, 2.24) is 85.1 Å². The second kappa shape index (κ2) is 51.4. The highest BCUT2D eigenvalue weighted by molar-refractivity contribution is 8.76. The second-order valence-electron chi connectivity index (χ2n) is 30.1. The van der Waals surface area contributed by atoms with Crippen LogP contribution in [0.15, 0.2) is 0 Å². The molecule has 0 aromatic heterocycles. The molecule has 2 unspecified atom stereocenters. The zero-order valence-corrected chi connectivity index (χ0v) is 68.2. The molecule has 27 N–H and O–H groups in total. The number of rotatable bonds is 25. The van der Waals surface area contributed by atoms with Crippen LogP contribution in [0.3, 0.4) is 0 Å². The van der Waals surface area contributed by atoms with Gasteiger partial charge in [0.1, 0.15) is 90.6 Å². The number of carbonyl (C=O) groups excluding carboxylic acids is 18. The quantitative estimate of drug-likeness (QED) is 0.0298. The van der Waals surface area contributed by atoms with E-state index in [0.29, 0.717) is 28.0 Å². The Morgan fingerprint density at radius 2 is 0.678 bits per heavy atom. The number of hydrogen-bond donors (Lipinski definition) is 24. The van der Waals surface area contributed by atoms with Crippen molar-refractivity contribution < 1.29 is 117 Å². The van der Waals surface area contributed by atoms with Crippen LogP contribution in [-0.2, 0) is 91.1 Å². The minimum atomic E-state index is -2.09. The third kappa shape index (κ3) is 37.3. The number of aliphatic carboxylic acids is 1. The third-order valence-corrected chi connectivity index (χ3v) is 20.0. The molecule has 0 aromatic carbocycles. The summed E-state index contributed by atoms with van der Waals surface area (Å²) in [6, 6.07) is -27.0. The molecular formula is C70H119N19O24S2. The first-order valence-electron chi connectivity index (χ1n) is 37.9. The molecule has 2 bridgehead atoms. The lowest BCUT2D eigenvalue weighted by Crippen LogP contribution is -2.63. The maximum Gasteiger partial charge on any atom is 0.303 e. The zero-order chi connectivity index (χ0) is 87.3. The van der Waals surface area contributed by atoms with E-state index in [9.17, 15) is 117 Å². The first-order valence-corrected chi connectivity index (χ1v) is 40.4. The summed E-state index contributed by atoms with van der Waals surface area (Å²) in [7, 11) is 1.33. The van der Waals surface area contributed by atoms with E-state index in [4.69, 9.17) is 17.2 Å². The highest BCUT2D eigenvalue weighted by Crippen LogP contribution is 2.25. The van der Waals surface area contributed by atoms with Crippen molar-refractivity contribution >= 4 is 134 Å². The number of primary amides is 2. The number of unbranched alkanes of at least 4 members (excludes halogenated alkanes) is 1. The van der Waals surface area contributed by atoms with Gasteiger partial charge >= 0.3 is 5.97 Å². The molecule has 0 aliphatic carbocycles. The number of nitrogens with two attached hydrogens (primary N) is 3. The van der Waals surface area contributed by atoms with Crippen molar-refractivity contribution in [2.75, 3.05) is 44.4 Å². The predicted molar refractivity (Wildman–Crippen MR) is 414 cm³/mol. The summed E-state index contributed by atoms with van der Waals surface area (Å²) in [4.78, 5) is 267. The smallest absolute Gasteiger partial charge is 0.303 e. The van der Waals surface area contributed by atoms with E-state index in [0.717, 1.165) is 6.92 Å². The Morgan fingerprint density at radius 3 is 1.07 bits per heavy atom. The van der Waals surface area contributed by atoms with Crippen LogP contribution in [0.25, 0.3) is 0 Å². The molecule has 2 aliphatic rings. The number of carbonyl (C=O) groups is 19. The van der Waals surface area contributed by atoms with E-state index >= 15 is 0 Å². The van der Waals surface area contributed by atoms with E-state index in [-0.39, 0.29) is 56.9 Å². The second-order valence-corrected chi connectivity index (χ2v) is 32.6. The van der Waals surface area contributed by atoms with Gasteiger partial charge in [0.2, 0.25) is 106 Å². The molecule has 0 spiro atoms. The number of carboxylic acid groups (broad SMARTS) is 1. The first-order chi connectivity index (χ1) is 53.9. The fourth-order valence-corrected chi connectivity index (χ4v) is 13.8. The van der Waals surface area contributed by atoms with Gasteiger partial charge in [0.15, 0.2) is 0 Å². The lowest BCUT2D eigenvalue weighted by molar-refractivity contribution is -0.139. The number of aliphatic hydroxyl groups excluding tert-OH is 4. The highest BCUT2D eigenvalue weighted by atomic mass is 33.1. The Kier molecular flexibility index (Phi) is 45.4. The molecule has 2 saturated heterocycles. The van der Waals surface area contributed by atoms with Gasteiger partial charge in [0.25, 0.3) is 0 Å². The van der Waals surface area contributed by atoms with Crippen molar-refractivity contribution in [2.45, 2.75) is 250 Å². The van der Waals surface area contributed by atoms with E-state index < -0.39 is 297 Å². The summed E-state index contributed by atoms with van der Waals surface area (Å²) in [6.07, 6.45) is -5.98. The number of carboxylic acids is 1. The molecular weight excluding hydrogens is 1560 g/mol. The topological polar surface area (TPSA) is 696 Å². The number of nitrogens with one attached hydrogen (secondary N) is 16. The maximum absolute atomic E-state index is 14.9. The lowest BCUT2D eigenvalue weighted by atomic mass is 9.99. The molecule has 43 nitrogen and oxygen atoms in total. The summed E-state index contributed by atoms with van der Waals surface area (Å²) in [5.41, 5.74) is 16.7. The van der Waals surface area contributed by atoms with Crippen LogP contribution >= 0.6 is 21.6 Å². The molecule has 2 heterocycles. The summed E-state index contributed by atoms with van der Waals surface area (Å²) < 4.78 is 0. The summed E-state index contributed by atoms with van der Waals surface area (Å²) in [5.74, 6) is -26.4. The van der Waals surface area contributed by atoms with Crippen LogP contribution in [0.2, 0.25) is 0 Å². The van der Waals surface area contributed by atoms with Gasteiger partial charge < -0.3 is 128 Å². The lowest BCUT2D eigenvalue weighted by Gasteiger charge is -2.29. The standard InChI is InChI=1S/C70H119N19O24S2/c1-31(2)20-40-56(99)74-25-52(96)75-37(14-12-13-19-71)57(100)78-41(21-32(3)4)60(103)83-45(26-90)64(107)77-38(15-17-50(72)94)58(101)76-39(16-18-53(97)98)59(102)79-43(23-34(7)8)62(105)86-48-29-114-115-30-49(68(111)88-54(35(9)10)69(112)82-40)87-70(113)55(36(11)93)89-66(109)47(28-92)84-61(104)42(22-33(5)6)80-63(106)44(24-51(73)95)81-65(108)46(27-91)85-67(48)110/h31-49,54-55,90-93H,12-30,71H2,1-11H3,(H2,72,94)(H2,73,95)(H,74,99)(H,75,96)(H,76,101)(H,77,107)(H,78,100)(H,79,102)(H,80,106)(H,81,108)(H,82,112)(H,83,103)(H,84,104)(H,85,110)(H,86,105)(H,87,113)(H,88,111)(H,89,109)(H,97,98)/t36-,37+,38+,39+,40+,41+,42+,43?,44+,45+,46+,47?,48+,49+,54+,55+/m1/s1. The molecule has 115 heavy (non-hydrogen) atoms. The van der Waals surface area contributed by atoms with Crippen LogP contribution < -0.4 is 102 Å². The van der Waals surface area contributed by atoms with Crippen molar-refractivity contribution in [3.05, 3.63) is 0 Å². The largest absolute Gasteiger partial charge is 0.481 e. The van der Waals surface area contributed by atoms with Gasteiger partial charge in [-0.2, -0.15) is 0 Å². The van der Waals surface area contributed by atoms with Crippen molar-refractivity contribution in [2.24, 2.45) is 46.8 Å². The van der Waals surface area contributed by atoms with Crippen LogP contribution in [0, 0.1) is 29.6 Å². The molecule has 45 heteroatoms. The molecule has 2 rings (SSSR count). The van der Waals surface area contributed by atoms with Gasteiger partial charge in [0.05, 0.1) is 38.9 Å². The van der Waals surface area contributed by atoms with Gasteiger partial charge in [0, 0.05) is 24.3 Å². The van der Waals surface area contributed by atoms with Gasteiger partial charge in [-0.25, -0.2) is 0 Å².